The Bertz CT molecular complexity index is 1630. The summed E-state index contributed by atoms with van der Waals surface area (Å²) in [4.78, 5) is 25.4. The van der Waals surface area contributed by atoms with Crippen LogP contribution in [0.1, 0.15) is 206 Å². The van der Waals surface area contributed by atoms with E-state index in [2.05, 4.69) is 153 Å². The Morgan fingerprint density at radius 2 is 0.847 bits per heavy atom. The molecule has 0 saturated carbocycles. The Kier molecular flexibility index (Phi) is 50.1. The van der Waals surface area contributed by atoms with Crippen LogP contribution in [0.15, 0.2) is 134 Å². The molecular formula is C63H107N2O6P. The third-order valence-electron chi connectivity index (χ3n) is 11.9. The molecule has 0 bridgehead atoms. The Labute approximate surface area is 443 Å². The van der Waals surface area contributed by atoms with Crippen LogP contribution in [0.5, 0.6) is 0 Å². The van der Waals surface area contributed by atoms with Gasteiger partial charge in [-0.15, -0.1) is 0 Å². The zero-order chi connectivity index (χ0) is 52.7. The molecule has 3 atom stereocenters. The van der Waals surface area contributed by atoms with Crippen LogP contribution >= 0.6 is 7.82 Å². The van der Waals surface area contributed by atoms with Gasteiger partial charge in [0.1, 0.15) is 13.2 Å². The van der Waals surface area contributed by atoms with E-state index < -0.39 is 20.0 Å². The molecule has 9 heteroatoms. The lowest BCUT2D eigenvalue weighted by molar-refractivity contribution is -0.870. The standard InChI is InChI=1S/C63H107N2O6P/c1-6-8-10-12-14-16-18-19-20-21-22-23-24-25-26-27-28-29-30-31-32-33-34-35-36-37-38-39-40-41-42-43-44-45-47-49-51-53-55-57-63(67)64-61(60-71-72(68,69)70-59-58-65(3,4)5)62(66)56-54-52-50-48-46-17-15-13-11-9-7-2/h8,10,14,16,19-20,22-23,25-26,28-29,31-32,34-35,37-38,40-41,43-44,61-62,66H,6-7,9,11-13,15,17-18,21,24,27,30,33,36,39,42,45-60H2,1-5H3,(H-,64,67,68,69)/b10-8-,16-14-,20-19-,23-22-,26-25-,29-28-,32-31-,35-34-,38-37-,41-40-,44-43-. The van der Waals surface area contributed by atoms with Gasteiger partial charge in [-0.3, -0.25) is 9.36 Å². The number of carbonyl (C=O) groups is 1. The number of phosphoric acid groups is 1. The van der Waals surface area contributed by atoms with Crippen molar-refractivity contribution in [3.63, 3.8) is 0 Å². The predicted molar refractivity (Wildman–Crippen MR) is 311 cm³/mol. The molecule has 0 aromatic heterocycles. The van der Waals surface area contributed by atoms with Gasteiger partial charge < -0.3 is 28.8 Å². The van der Waals surface area contributed by atoms with Crippen molar-refractivity contribution in [2.24, 2.45) is 0 Å². The number of likely N-dealkylation sites (N-methyl/N-ethyl adjacent to an activating group) is 1. The number of hydrogen-bond donors (Lipinski definition) is 2. The van der Waals surface area contributed by atoms with Gasteiger partial charge in [-0.05, 0) is 96.3 Å². The summed E-state index contributed by atoms with van der Waals surface area (Å²) in [5, 5.41) is 13.9. The molecule has 8 nitrogen and oxygen atoms in total. The molecule has 0 heterocycles. The van der Waals surface area contributed by atoms with Gasteiger partial charge >= 0.3 is 0 Å². The topological polar surface area (TPSA) is 108 Å². The third-order valence-corrected chi connectivity index (χ3v) is 12.9. The zero-order valence-electron chi connectivity index (χ0n) is 46.6. The van der Waals surface area contributed by atoms with E-state index in [9.17, 15) is 19.4 Å². The normalized spacial score (nSPS) is 14.9. The zero-order valence-corrected chi connectivity index (χ0v) is 47.5. The fourth-order valence-electron chi connectivity index (χ4n) is 7.45. The SMILES string of the molecule is CC/C=C\C/C=C\C/C=C\C/C=C\C/C=C\C/C=C\C/C=C\C/C=C\C/C=C\C/C=C\C/C=C\CCCCCCCC(=O)NC(COP(=O)([O-])OCC[N+](C)(C)C)C(O)CCCCCCCCCCCCC. The van der Waals surface area contributed by atoms with E-state index in [0.717, 1.165) is 128 Å². The van der Waals surface area contributed by atoms with E-state index in [0.29, 0.717) is 23.9 Å². The average Bonchev–Trinajstić information content (AvgIpc) is 3.34. The van der Waals surface area contributed by atoms with Gasteiger partial charge in [-0.1, -0.05) is 237 Å². The van der Waals surface area contributed by atoms with Crippen molar-refractivity contribution >= 4 is 13.7 Å². The van der Waals surface area contributed by atoms with Crippen molar-refractivity contribution in [3.05, 3.63) is 134 Å². The van der Waals surface area contributed by atoms with Gasteiger partial charge in [0.2, 0.25) is 5.91 Å². The maximum atomic E-state index is 12.9. The van der Waals surface area contributed by atoms with Crippen LogP contribution in [-0.4, -0.2) is 68.5 Å². The van der Waals surface area contributed by atoms with Crippen molar-refractivity contribution in [1.29, 1.82) is 0 Å². The first-order valence-corrected chi connectivity index (χ1v) is 30.0. The number of amides is 1. The highest BCUT2D eigenvalue weighted by molar-refractivity contribution is 7.45. The molecular weight excluding hydrogens is 912 g/mol. The quantitative estimate of drug-likeness (QED) is 0.0272. The minimum Gasteiger partial charge on any atom is -0.756 e. The molecule has 0 aromatic rings. The first-order chi connectivity index (χ1) is 35.0. The molecule has 3 unspecified atom stereocenters. The third kappa shape index (κ3) is 54.4. The summed E-state index contributed by atoms with van der Waals surface area (Å²) in [5.74, 6) is -0.191. The number of nitrogens with one attached hydrogen (secondary N) is 1. The van der Waals surface area contributed by atoms with Crippen LogP contribution < -0.4 is 10.2 Å². The molecule has 2 N–H and O–H groups in total. The Hall–Kier alpha value is -3.36. The fourth-order valence-corrected chi connectivity index (χ4v) is 8.18. The smallest absolute Gasteiger partial charge is 0.268 e. The number of phosphoric ester groups is 1. The number of carbonyl (C=O) groups excluding carboxylic acids is 1. The lowest BCUT2D eigenvalue weighted by Crippen LogP contribution is -2.46. The minimum atomic E-state index is -4.58. The number of hydrogen-bond acceptors (Lipinski definition) is 6. The van der Waals surface area contributed by atoms with Crippen molar-refractivity contribution in [2.75, 3.05) is 40.9 Å². The molecule has 0 radical (unpaired) electrons. The second-order valence-corrected chi connectivity index (χ2v) is 21.3. The summed E-state index contributed by atoms with van der Waals surface area (Å²) < 4.78 is 23.3. The second kappa shape index (κ2) is 52.5. The van der Waals surface area contributed by atoms with Crippen molar-refractivity contribution < 1.29 is 32.9 Å². The fraction of sp³-hybridized carbons (Fsp3) is 0.635. The summed E-state index contributed by atoms with van der Waals surface area (Å²) in [5.41, 5.74) is 0. The molecule has 1 amide bonds. The monoisotopic (exact) mass is 1020 g/mol. The maximum Gasteiger partial charge on any atom is 0.268 e. The van der Waals surface area contributed by atoms with Gasteiger partial charge in [0.25, 0.3) is 7.82 Å². The lowest BCUT2D eigenvalue weighted by atomic mass is 10.0. The van der Waals surface area contributed by atoms with Gasteiger partial charge in [-0.2, -0.15) is 0 Å². The summed E-state index contributed by atoms with van der Waals surface area (Å²) >= 11 is 0. The minimum absolute atomic E-state index is 0.00103. The van der Waals surface area contributed by atoms with Crippen LogP contribution in [-0.2, 0) is 18.4 Å². The molecule has 0 aliphatic carbocycles. The highest BCUT2D eigenvalue weighted by atomic mass is 31.2. The molecule has 0 aliphatic heterocycles. The maximum absolute atomic E-state index is 12.9. The van der Waals surface area contributed by atoms with E-state index in [4.69, 9.17) is 9.05 Å². The molecule has 0 aromatic carbocycles. The van der Waals surface area contributed by atoms with Gasteiger partial charge in [0.15, 0.2) is 0 Å². The number of nitrogens with zero attached hydrogens (tertiary/aromatic N) is 1. The molecule has 0 fully saturated rings. The molecule has 0 spiro atoms. The Balaban J connectivity index is 4.14. The van der Waals surface area contributed by atoms with Gasteiger partial charge in [-0.25, -0.2) is 0 Å². The van der Waals surface area contributed by atoms with Crippen molar-refractivity contribution in [3.8, 4) is 0 Å². The van der Waals surface area contributed by atoms with E-state index in [-0.39, 0.29) is 19.1 Å². The summed E-state index contributed by atoms with van der Waals surface area (Å²) in [6, 6.07) is -0.819. The van der Waals surface area contributed by atoms with E-state index in [1.807, 2.05) is 21.1 Å². The lowest BCUT2D eigenvalue weighted by Gasteiger charge is -2.30. The first-order valence-electron chi connectivity index (χ1n) is 28.5. The molecule has 410 valence electrons. The number of aliphatic hydroxyl groups excluding tert-OH is 1. The molecule has 0 aliphatic rings. The Morgan fingerprint density at radius 1 is 0.500 bits per heavy atom. The van der Waals surface area contributed by atoms with Crippen LogP contribution in [0.25, 0.3) is 0 Å². The number of quaternary nitrogens is 1. The van der Waals surface area contributed by atoms with Crippen LogP contribution in [0.2, 0.25) is 0 Å². The van der Waals surface area contributed by atoms with Crippen LogP contribution in [0.3, 0.4) is 0 Å². The number of rotatable bonds is 50. The average molecular weight is 1020 g/mol. The highest BCUT2D eigenvalue weighted by Gasteiger charge is 2.24. The van der Waals surface area contributed by atoms with E-state index in [1.54, 1.807) is 0 Å². The number of unbranched alkanes of at least 4 members (excludes halogenated alkanes) is 15. The van der Waals surface area contributed by atoms with Crippen molar-refractivity contribution in [1.82, 2.24) is 5.32 Å². The van der Waals surface area contributed by atoms with Crippen LogP contribution in [0, 0.1) is 0 Å². The summed E-state index contributed by atoms with van der Waals surface area (Å²) in [6.45, 7) is 4.56. The van der Waals surface area contributed by atoms with Gasteiger partial charge in [0.05, 0.1) is 39.9 Å². The van der Waals surface area contributed by atoms with Crippen LogP contribution in [0.4, 0.5) is 0 Å². The predicted octanol–water partition coefficient (Wildman–Crippen LogP) is 16.9. The largest absolute Gasteiger partial charge is 0.756 e. The van der Waals surface area contributed by atoms with E-state index >= 15 is 0 Å². The highest BCUT2D eigenvalue weighted by Crippen LogP contribution is 2.38. The summed E-state index contributed by atoms with van der Waals surface area (Å²) in [6.07, 6.45) is 79.2. The Morgan fingerprint density at radius 3 is 1.24 bits per heavy atom. The van der Waals surface area contributed by atoms with E-state index in [1.165, 1.54) is 51.4 Å². The molecule has 72 heavy (non-hydrogen) atoms. The molecule has 0 saturated heterocycles. The summed E-state index contributed by atoms with van der Waals surface area (Å²) in [7, 11) is 1.27. The van der Waals surface area contributed by atoms with Gasteiger partial charge in [0, 0.05) is 6.42 Å². The first kappa shape index (κ1) is 68.6. The van der Waals surface area contributed by atoms with Crippen molar-refractivity contribution in [2.45, 2.75) is 219 Å². The number of aliphatic hydroxyl groups is 1. The number of allylic oxidation sites excluding steroid dienone is 22. The molecule has 0 rings (SSSR count). The second-order valence-electron chi connectivity index (χ2n) is 19.9.